The lowest BCUT2D eigenvalue weighted by molar-refractivity contribution is 0.0699. The van der Waals surface area contributed by atoms with Gasteiger partial charge in [-0.2, -0.15) is 0 Å². The average Bonchev–Trinajstić information content (AvgIpc) is 3.38. The Balaban J connectivity index is 0.000000821. The summed E-state index contributed by atoms with van der Waals surface area (Å²) < 4.78 is 7.98. The lowest BCUT2D eigenvalue weighted by Crippen LogP contribution is -1.96. The maximum atomic E-state index is 12.0. The Labute approximate surface area is 193 Å². The number of aryl methyl sites for hydroxylation is 1. The molecular weight excluding hydrogens is 412 g/mol. The number of rotatable bonds is 6. The van der Waals surface area contributed by atoms with Gasteiger partial charge in [0.1, 0.15) is 12.4 Å². The molecule has 0 amide bonds. The smallest absolute Gasteiger partial charge is 0.337 e. The summed E-state index contributed by atoms with van der Waals surface area (Å²) in [5.74, 6) is -0.118. The summed E-state index contributed by atoms with van der Waals surface area (Å²) in [6, 6.07) is 25.7. The number of pyridine rings is 1. The van der Waals surface area contributed by atoms with Gasteiger partial charge in [-0.1, -0.05) is 55.5 Å². The maximum absolute atomic E-state index is 12.0. The first-order valence-electron chi connectivity index (χ1n) is 11.1. The number of ether oxygens (including phenoxy) is 1. The molecule has 3 heterocycles. The monoisotopic (exact) mass is 440 g/mol. The van der Waals surface area contributed by atoms with Gasteiger partial charge in [0.15, 0.2) is 0 Å². The number of carboxylic acids is 1. The normalized spacial score (nSPS) is 10.9. The summed E-state index contributed by atoms with van der Waals surface area (Å²) in [6.07, 6.45) is 0.821. The minimum Gasteiger partial charge on any atom is -0.489 e. The average molecular weight is 441 g/mol. The molecule has 0 aliphatic carbocycles. The van der Waals surface area contributed by atoms with E-state index in [1.165, 1.54) is 0 Å². The zero-order chi connectivity index (χ0) is 23.4. The molecule has 5 heteroatoms. The van der Waals surface area contributed by atoms with Crippen molar-refractivity contribution in [1.29, 1.82) is 0 Å². The molecule has 0 saturated heterocycles. The van der Waals surface area contributed by atoms with Crippen molar-refractivity contribution in [2.45, 2.75) is 20.0 Å². The number of nitrogens with zero attached hydrogens (tertiary/aromatic N) is 1. The van der Waals surface area contributed by atoms with Crippen LogP contribution in [0.3, 0.4) is 0 Å². The Kier molecular flexibility index (Phi) is 6.61. The van der Waals surface area contributed by atoms with Gasteiger partial charge >= 0.3 is 5.97 Å². The van der Waals surface area contributed by atoms with E-state index < -0.39 is 5.97 Å². The Hall–Kier alpha value is -3.83. The molecule has 33 heavy (non-hydrogen) atoms. The first-order chi connectivity index (χ1) is 16.1. The number of hydrogen-bond acceptors (Lipinski definition) is 3. The van der Waals surface area contributed by atoms with Crippen LogP contribution in [0.1, 0.15) is 28.4 Å². The molecule has 0 unspecified atom stereocenters. The number of hydrogen-bond donors (Lipinski definition) is 2. The second kappa shape index (κ2) is 9.76. The van der Waals surface area contributed by atoms with Crippen molar-refractivity contribution in [1.82, 2.24) is 9.72 Å². The Bertz CT molecular complexity index is 1360. The van der Waals surface area contributed by atoms with E-state index in [1.807, 2.05) is 80.8 Å². The highest BCUT2D eigenvalue weighted by molar-refractivity contribution is 6.08. The summed E-state index contributed by atoms with van der Waals surface area (Å²) in [7, 11) is 3.75. The van der Waals surface area contributed by atoms with Gasteiger partial charge in [0.25, 0.3) is 0 Å². The molecule has 0 fully saturated rings. The van der Waals surface area contributed by atoms with E-state index in [0.717, 1.165) is 51.0 Å². The van der Waals surface area contributed by atoms with Crippen LogP contribution in [0.5, 0.6) is 5.75 Å². The molecule has 2 N–H and O–H groups in total. The summed E-state index contributed by atoms with van der Waals surface area (Å²) in [6.45, 7) is 2.62. The fourth-order valence-corrected chi connectivity index (χ4v) is 4.27. The van der Waals surface area contributed by atoms with E-state index in [1.54, 1.807) is 6.07 Å². The van der Waals surface area contributed by atoms with Crippen LogP contribution in [0.4, 0.5) is 0 Å². The Morgan fingerprint density at radius 3 is 2.30 bits per heavy atom. The van der Waals surface area contributed by atoms with Gasteiger partial charge in [0, 0.05) is 11.1 Å². The highest BCUT2D eigenvalue weighted by Crippen LogP contribution is 2.39. The zero-order valence-corrected chi connectivity index (χ0v) is 19.1. The molecule has 5 nitrogen and oxygen atoms in total. The van der Waals surface area contributed by atoms with Crippen molar-refractivity contribution >= 4 is 22.5 Å². The van der Waals surface area contributed by atoms with E-state index in [9.17, 15) is 9.90 Å². The topological polar surface area (TPSA) is 63.0 Å². The van der Waals surface area contributed by atoms with E-state index in [4.69, 9.17) is 4.74 Å². The highest BCUT2D eigenvalue weighted by atomic mass is 16.5. The fraction of sp³-hybridized carbons (Fsp3) is 0.179. The highest BCUT2D eigenvalue weighted by Gasteiger charge is 2.24. The summed E-state index contributed by atoms with van der Waals surface area (Å²) in [4.78, 5) is 12.0. The van der Waals surface area contributed by atoms with Gasteiger partial charge in [-0.15, -0.1) is 0 Å². The van der Waals surface area contributed by atoms with Gasteiger partial charge in [-0.25, -0.2) is 4.79 Å². The maximum Gasteiger partial charge on any atom is 0.337 e. The fourth-order valence-electron chi connectivity index (χ4n) is 4.27. The minimum atomic E-state index is -0.905. The lowest BCUT2D eigenvalue weighted by atomic mass is 9.98. The predicted octanol–water partition coefficient (Wildman–Crippen LogP) is 5.87. The van der Waals surface area contributed by atoms with Crippen LogP contribution in [0.15, 0.2) is 78.9 Å². The number of benzene rings is 2. The number of aromatic nitrogens is 1. The van der Waals surface area contributed by atoms with E-state index in [-0.39, 0.29) is 0 Å². The molecule has 0 spiro atoms. The molecule has 5 rings (SSSR count). The molecule has 5 aromatic rings. The van der Waals surface area contributed by atoms with Crippen LogP contribution < -0.4 is 10.1 Å². The van der Waals surface area contributed by atoms with Crippen molar-refractivity contribution in [3.63, 3.8) is 0 Å². The van der Waals surface area contributed by atoms with Crippen LogP contribution in [0.2, 0.25) is 0 Å². The van der Waals surface area contributed by atoms with Crippen molar-refractivity contribution in [2.24, 2.45) is 0 Å². The van der Waals surface area contributed by atoms with Gasteiger partial charge in [-0.05, 0) is 67.5 Å². The predicted molar refractivity (Wildman–Crippen MR) is 134 cm³/mol. The van der Waals surface area contributed by atoms with Crippen LogP contribution >= 0.6 is 0 Å². The van der Waals surface area contributed by atoms with Gasteiger partial charge in [0.05, 0.1) is 16.6 Å². The molecular formula is C28H28N2O3. The van der Waals surface area contributed by atoms with E-state index in [2.05, 4.69) is 22.7 Å². The van der Waals surface area contributed by atoms with Crippen LogP contribution in [-0.4, -0.2) is 29.6 Å². The third kappa shape index (κ3) is 4.28. The van der Waals surface area contributed by atoms with Crippen molar-refractivity contribution in [2.75, 3.05) is 14.1 Å². The van der Waals surface area contributed by atoms with Gasteiger partial charge < -0.3 is 19.6 Å². The SMILES string of the molecule is CCc1c(-c2ccc(OCc3ccccc3)cc2)c2c(C(=O)O)cc3cccc1n32.CNC. The first kappa shape index (κ1) is 22.4. The van der Waals surface area contributed by atoms with Crippen molar-refractivity contribution in [3.8, 4) is 16.9 Å². The van der Waals surface area contributed by atoms with Crippen LogP contribution in [-0.2, 0) is 13.0 Å². The zero-order valence-electron chi connectivity index (χ0n) is 19.1. The quantitative estimate of drug-likeness (QED) is 0.346. The van der Waals surface area contributed by atoms with Crippen molar-refractivity contribution < 1.29 is 14.6 Å². The molecule has 0 saturated carbocycles. The molecule has 3 aromatic heterocycles. The van der Waals surface area contributed by atoms with E-state index >= 15 is 0 Å². The van der Waals surface area contributed by atoms with Crippen molar-refractivity contribution in [3.05, 3.63) is 95.6 Å². The minimum absolute atomic E-state index is 0.338. The Morgan fingerprint density at radius 2 is 1.67 bits per heavy atom. The number of carboxylic acid groups (broad SMARTS) is 1. The lowest BCUT2D eigenvalue weighted by Gasteiger charge is -2.09. The second-order valence-electron chi connectivity index (χ2n) is 7.89. The Morgan fingerprint density at radius 1 is 0.970 bits per heavy atom. The molecule has 2 aromatic carbocycles. The standard InChI is InChI=1S/C26H21NO3.C2H7N/c1-2-21-23-10-6-9-19-15-22(26(28)29)25(27(19)23)24(21)18-11-13-20(14-12-18)30-16-17-7-4-3-5-8-17;1-3-2/h3-15H,2,16H2,1H3,(H,28,29);3H,1-2H3. The third-order valence-corrected chi connectivity index (χ3v) is 5.61. The van der Waals surface area contributed by atoms with Crippen LogP contribution in [0, 0.1) is 0 Å². The molecule has 0 radical (unpaired) electrons. The summed E-state index contributed by atoms with van der Waals surface area (Å²) >= 11 is 0. The summed E-state index contributed by atoms with van der Waals surface area (Å²) in [5.41, 5.74) is 7.35. The first-order valence-corrected chi connectivity index (χ1v) is 11.1. The third-order valence-electron chi connectivity index (χ3n) is 5.61. The van der Waals surface area contributed by atoms with E-state index in [0.29, 0.717) is 12.2 Å². The van der Waals surface area contributed by atoms with Crippen LogP contribution in [0.25, 0.3) is 27.7 Å². The second-order valence-corrected chi connectivity index (χ2v) is 7.89. The van der Waals surface area contributed by atoms with Gasteiger partial charge in [-0.3, -0.25) is 0 Å². The molecule has 0 aliphatic heterocycles. The summed E-state index contributed by atoms with van der Waals surface area (Å²) in [5, 5.41) is 12.6. The molecule has 0 atom stereocenters. The largest absolute Gasteiger partial charge is 0.489 e. The molecule has 168 valence electrons. The number of carbonyl (C=O) groups is 1. The number of nitrogens with one attached hydrogen (secondary N) is 1. The van der Waals surface area contributed by atoms with Gasteiger partial charge in [0.2, 0.25) is 0 Å². The molecule has 0 bridgehead atoms. The molecule has 0 aliphatic rings. The number of aromatic carboxylic acids is 1.